The largest absolute Gasteiger partial charge is 0.368 e. The van der Waals surface area contributed by atoms with Crippen LogP contribution in [0.15, 0.2) is 22.7 Å². The van der Waals surface area contributed by atoms with Gasteiger partial charge in [0.25, 0.3) is 0 Å². The molecule has 1 aliphatic rings. The van der Waals surface area contributed by atoms with Gasteiger partial charge in [-0.15, -0.1) is 0 Å². The Kier molecular flexibility index (Phi) is 4.25. The second-order valence-corrected chi connectivity index (χ2v) is 4.86. The van der Waals surface area contributed by atoms with Gasteiger partial charge >= 0.3 is 0 Å². The molecule has 1 fully saturated rings. The SMILES string of the molecule is O=C(Cc1ccc(Br)cc1F)C1CNCCO1. The van der Waals surface area contributed by atoms with Gasteiger partial charge in [0.15, 0.2) is 5.78 Å². The highest BCUT2D eigenvalue weighted by atomic mass is 79.9. The molecule has 1 N–H and O–H groups in total. The van der Waals surface area contributed by atoms with Crippen molar-refractivity contribution in [1.82, 2.24) is 5.32 Å². The Morgan fingerprint density at radius 3 is 3.06 bits per heavy atom. The second kappa shape index (κ2) is 5.71. The van der Waals surface area contributed by atoms with Crippen LogP contribution >= 0.6 is 15.9 Å². The molecule has 1 aliphatic heterocycles. The molecule has 0 aliphatic carbocycles. The third-order valence-corrected chi connectivity index (χ3v) is 3.16. The van der Waals surface area contributed by atoms with Gasteiger partial charge in [-0.3, -0.25) is 4.79 Å². The second-order valence-electron chi connectivity index (χ2n) is 3.94. The van der Waals surface area contributed by atoms with Gasteiger partial charge in [-0.1, -0.05) is 22.0 Å². The molecule has 0 amide bonds. The molecule has 3 nitrogen and oxygen atoms in total. The van der Waals surface area contributed by atoms with E-state index in [2.05, 4.69) is 21.2 Å². The number of morpholine rings is 1. The molecule has 1 aromatic carbocycles. The van der Waals surface area contributed by atoms with E-state index in [4.69, 9.17) is 4.74 Å². The minimum atomic E-state index is -0.452. The lowest BCUT2D eigenvalue weighted by atomic mass is 10.0. The minimum absolute atomic E-state index is 0.0749. The Balaban J connectivity index is 2.02. The summed E-state index contributed by atoms with van der Waals surface area (Å²) in [5.74, 6) is -0.449. The normalized spacial score (nSPS) is 20.2. The van der Waals surface area contributed by atoms with Gasteiger partial charge in [-0.2, -0.15) is 0 Å². The first-order valence-electron chi connectivity index (χ1n) is 5.46. The fraction of sp³-hybridized carbons (Fsp3) is 0.417. The zero-order valence-electron chi connectivity index (χ0n) is 9.21. The molecular formula is C12H13BrFNO2. The Bertz CT molecular complexity index is 419. The standard InChI is InChI=1S/C12H13BrFNO2/c13-9-2-1-8(10(14)6-9)5-11(16)12-7-15-3-4-17-12/h1-2,6,12,15H,3-5,7H2. The van der Waals surface area contributed by atoms with Crippen LogP contribution < -0.4 is 5.32 Å². The van der Waals surface area contributed by atoms with E-state index in [-0.39, 0.29) is 18.0 Å². The van der Waals surface area contributed by atoms with Crippen molar-refractivity contribution in [3.8, 4) is 0 Å². The van der Waals surface area contributed by atoms with Crippen molar-refractivity contribution < 1.29 is 13.9 Å². The molecule has 0 bridgehead atoms. The summed E-state index contributed by atoms with van der Waals surface area (Å²) in [5.41, 5.74) is 0.410. The molecule has 92 valence electrons. The lowest BCUT2D eigenvalue weighted by Crippen LogP contribution is -2.43. The molecule has 17 heavy (non-hydrogen) atoms. The first kappa shape index (κ1) is 12.7. The molecule has 1 saturated heterocycles. The number of rotatable bonds is 3. The number of hydrogen-bond donors (Lipinski definition) is 1. The van der Waals surface area contributed by atoms with E-state index in [0.717, 1.165) is 6.54 Å². The summed E-state index contributed by atoms with van der Waals surface area (Å²) in [6.07, 6.45) is -0.377. The van der Waals surface area contributed by atoms with E-state index in [0.29, 0.717) is 23.2 Å². The van der Waals surface area contributed by atoms with Gasteiger partial charge in [-0.05, 0) is 17.7 Å². The molecular weight excluding hydrogens is 289 g/mol. The first-order valence-corrected chi connectivity index (χ1v) is 6.25. The lowest BCUT2D eigenvalue weighted by molar-refractivity contribution is -0.131. The van der Waals surface area contributed by atoms with Crippen LogP contribution in [0.4, 0.5) is 4.39 Å². The van der Waals surface area contributed by atoms with E-state index < -0.39 is 6.10 Å². The number of Topliss-reactive ketones (excluding diaryl/α,β-unsaturated/α-hetero) is 1. The number of carbonyl (C=O) groups is 1. The van der Waals surface area contributed by atoms with Gasteiger partial charge < -0.3 is 10.1 Å². The van der Waals surface area contributed by atoms with E-state index in [9.17, 15) is 9.18 Å². The highest BCUT2D eigenvalue weighted by Gasteiger charge is 2.22. The van der Waals surface area contributed by atoms with Crippen LogP contribution in [0.2, 0.25) is 0 Å². The number of halogens is 2. The van der Waals surface area contributed by atoms with Crippen LogP contribution in [0.1, 0.15) is 5.56 Å². The van der Waals surface area contributed by atoms with Gasteiger partial charge in [0.1, 0.15) is 11.9 Å². The molecule has 5 heteroatoms. The fourth-order valence-corrected chi connectivity index (χ4v) is 2.07. The van der Waals surface area contributed by atoms with E-state index in [1.54, 1.807) is 12.1 Å². The van der Waals surface area contributed by atoms with Crippen molar-refractivity contribution in [3.05, 3.63) is 34.1 Å². The molecule has 0 radical (unpaired) electrons. The lowest BCUT2D eigenvalue weighted by Gasteiger charge is -2.22. The number of nitrogens with one attached hydrogen (secondary N) is 1. The number of ketones is 1. The van der Waals surface area contributed by atoms with Crippen LogP contribution in [0.5, 0.6) is 0 Å². The maximum Gasteiger partial charge on any atom is 0.167 e. The van der Waals surface area contributed by atoms with Crippen molar-refractivity contribution >= 4 is 21.7 Å². The molecule has 0 saturated carbocycles. The van der Waals surface area contributed by atoms with Crippen molar-refractivity contribution in [1.29, 1.82) is 0 Å². The Hall–Kier alpha value is -0.780. The summed E-state index contributed by atoms with van der Waals surface area (Å²) in [6.45, 7) is 1.80. The zero-order valence-corrected chi connectivity index (χ0v) is 10.8. The van der Waals surface area contributed by atoms with Crippen LogP contribution in [0.25, 0.3) is 0 Å². The Morgan fingerprint density at radius 2 is 2.41 bits per heavy atom. The molecule has 1 unspecified atom stereocenters. The van der Waals surface area contributed by atoms with Crippen molar-refractivity contribution in [2.24, 2.45) is 0 Å². The van der Waals surface area contributed by atoms with Crippen molar-refractivity contribution in [3.63, 3.8) is 0 Å². The summed E-state index contributed by atoms with van der Waals surface area (Å²) in [4.78, 5) is 11.9. The third kappa shape index (κ3) is 3.34. The maximum atomic E-state index is 13.5. The number of hydrogen-bond acceptors (Lipinski definition) is 3. The molecule has 2 rings (SSSR count). The topological polar surface area (TPSA) is 38.3 Å². The molecule has 1 atom stereocenters. The van der Waals surface area contributed by atoms with Crippen LogP contribution in [-0.2, 0) is 16.0 Å². The van der Waals surface area contributed by atoms with Gasteiger partial charge in [0, 0.05) is 24.0 Å². The van der Waals surface area contributed by atoms with Crippen LogP contribution in [0.3, 0.4) is 0 Å². The summed E-state index contributed by atoms with van der Waals surface area (Å²) in [5, 5.41) is 3.08. The smallest absolute Gasteiger partial charge is 0.167 e. The van der Waals surface area contributed by atoms with Crippen molar-refractivity contribution in [2.45, 2.75) is 12.5 Å². The molecule has 0 spiro atoms. The van der Waals surface area contributed by atoms with E-state index >= 15 is 0 Å². The maximum absolute atomic E-state index is 13.5. The predicted octanol–water partition coefficient (Wildman–Crippen LogP) is 1.69. The molecule has 1 aromatic rings. The summed E-state index contributed by atoms with van der Waals surface area (Å²) in [7, 11) is 0. The van der Waals surface area contributed by atoms with E-state index in [1.165, 1.54) is 6.07 Å². The highest BCUT2D eigenvalue weighted by Crippen LogP contribution is 2.16. The van der Waals surface area contributed by atoms with Gasteiger partial charge in [0.2, 0.25) is 0 Å². The average Bonchev–Trinajstić information content (AvgIpc) is 2.34. The minimum Gasteiger partial charge on any atom is -0.368 e. The summed E-state index contributed by atoms with van der Waals surface area (Å²) >= 11 is 3.18. The Labute approximate surface area is 107 Å². The fourth-order valence-electron chi connectivity index (χ4n) is 1.74. The summed E-state index contributed by atoms with van der Waals surface area (Å²) in [6, 6.07) is 4.71. The van der Waals surface area contributed by atoms with Crippen molar-refractivity contribution in [2.75, 3.05) is 19.7 Å². The zero-order chi connectivity index (χ0) is 12.3. The Morgan fingerprint density at radius 1 is 1.59 bits per heavy atom. The van der Waals surface area contributed by atoms with Gasteiger partial charge in [-0.25, -0.2) is 4.39 Å². The number of benzene rings is 1. The molecule has 1 heterocycles. The number of carbonyl (C=O) groups excluding carboxylic acids is 1. The van der Waals surface area contributed by atoms with Crippen LogP contribution in [-0.4, -0.2) is 31.6 Å². The quantitative estimate of drug-likeness (QED) is 0.923. The van der Waals surface area contributed by atoms with Crippen LogP contribution in [0, 0.1) is 5.82 Å². The third-order valence-electron chi connectivity index (χ3n) is 2.67. The highest BCUT2D eigenvalue weighted by molar-refractivity contribution is 9.10. The summed E-state index contributed by atoms with van der Waals surface area (Å²) < 4.78 is 19.5. The first-order chi connectivity index (χ1) is 8.16. The number of ether oxygens (including phenoxy) is 1. The monoisotopic (exact) mass is 301 g/mol. The molecule has 0 aromatic heterocycles. The van der Waals surface area contributed by atoms with Gasteiger partial charge in [0.05, 0.1) is 6.61 Å². The average molecular weight is 302 g/mol. The van der Waals surface area contributed by atoms with E-state index in [1.807, 2.05) is 0 Å². The predicted molar refractivity (Wildman–Crippen MR) is 65.4 cm³/mol.